The molecule has 118 valence electrons. The van der Waals surface area contributed by atoms with Crippen molar-refractivity contribution in [2.75, 3.05) is 12.9 Å². The Morgan fingerprint density at radius 1 is 1.15 bits per heavy atom. The summed E-state index contributed by atoms with van der Waals surface area (Å²) >= 11 is 1.49. The van der Waals surface area contributed by atoms with Crippen LogP contribution in [0.2, 0.25) is 0 Å². The van der Waals surface area contributed by atoms with E-state index in [1.807, 2.05) is 13.8 Å². The second-order valence-corrected chi connectivity index (χ2v) is 7.12. The van der Waals surface area contributed by atoms with Crippen molar-refractivity contribution in [2.24, 2.45) is 5.92 Å². The molecule has 2 unspecified atom stereocenters. The van der Waals surface area contributed by atoms with E-state index in [1.165, 1.54) is 25.3 Å². The van der Waals surface area contributed by atoms with Gasteiger partial charge in [0.05, 0.1) is 19.3 Å². The molecule has 0 radical (unpaired) electrons. The number of ether oxygens (including phenoxy) is 1. The number of thioether (sulfide) groups is 1. The summed E-state index contributed by atoms with van der Waals surface area (Å²) < 4.78 is 4.60. The first-order valence-electron chi connectivity index (χ1n) is 7.32. The van der Waals surface area contributed by atoms with Crippen molar-refractivity contribution < 1.29 is 14.3 Å². The van der Waals surface area contributed by atoms with Crippen molar-refractivity contribution in [1.82, 2.24) is 5.32 Å². The van der Waals surface area contributed by atoms with Crippen molar-refractivity contribution in [3.8, 4) is 0 Å². The summed E-state index contributed by atoms with van der Waals surface area (Å²) in [5, 5.41) is 3.10. The highest BCUT2D eigenvalue weighted by Crippen LogP contribution is 2.14. The second-order valence-electron chi connectivity index (χ2n) is 5.70. The minimum absolute atomic E-state index is 0.0452. The lowest BCUT2D eigenvalue weighted by Gasteiger charge is -2.15. The van der Waals surface area contributed by atoms with Gasteiger partial charge in [0.2, 0.25) is 5.91 Å². The van der Waals surface area contributed by atoms with Crippen LogP contribution in [0.15, 0.2) is 0 Å². The van der Waals surface area contributed by atoms with Gasteiger partial charge in [0.1, 0.15) is 0 Å². The van der Waals surface area contributed by atoms with E-state index >= 15 is 0 Å². The van der Waals surface area contributed by atoms with Crippen LogP contribution >= 0.6 is 11.8 Å². The zero-order valence-electron chi connectivity index (χ0n) is 13.4. The molecule has 0 rings (SSSR count). The van der Waals surface area contributed by atoms with E-state index < -0.39 is 0 Å². The largest absolute Gasteiger partial charge is 0.469 e. The van der Waals surface area contributed by atoms with Crippen molar-refractivity contribution in [1.29, 1.82) is 0 Å². The van der Waals surface area contributed by atoms with Gasteiger partial charge in [0.25, 0.3) is 0 Å². The lowest BCUT2D eigenvalue weighted by atomic mass is 10.0. The number of methoxy groups -OCH3 is 1. The van der Waals surface area contributed by atoms with Gasteiger partial charge in [-0.3, -0.25) is 9.59 Å². The third-order valence-electron chi connectivity index (χ3n) is 3.01. The van der Waals surface area contributed by atoms with Crippen LogP contribution in [-0.2, 0) is 14.3 Å². The molecular weight excluding hydrogens is 274 g/mol. The summed E-state index contributed by atoms with van der Waals surface area (Å²) in [4.78, 5) is 22.8. The summed E-state index contributed by atoms with van der Waals surface area (Å²) in [6, 6.07) is 0.220. The fourth-order valence-electron chi connectivity index (χ4n) is 1.82. The zero-order chi connectivity index (χ0) is 15.5. The van der Waals surface area contributed by atoms with E-state index in [0.717, 1.165) is 12.8 Å². The second kappa shape index (κ2) is 11.0. The number of carbonyl (C=O) groups is 2. The number of hydrogen-bond acceptors (Lipinski definition) is 4. The minimum Gasteiger partial charge on any atom is -0.469 e. The first kappa shape index (κ1) is 19.3. The molecule has 5 heteroatoms. The van der Waals surface area contributed by atoms with E-state index in [1.54, 1.807) is 0 Å². The predicted molar refractivity (Wildman–Crippen MR) is 84.8 cm³/mol. The Morgan fingerprint density at radius 3 is 2.35 bits per heavy atom. The molecule has 0 aromatic rings. The number of amides is 1. The molecule has 0 saturated carbocycles. The van der Waals surface area contributed by atoms with Crippen LogP contribution in [0.5, 0.6) is 0 Å². The molecule has 4 nitrogen and oxygen atoms in total. The highest BCUT2D eigenvalue weighted by atomic mass is 32.2. The van der Waals surface area contributed by atoms with Gasteiger partial charge in [0.15, 0.2) is 0 Å². The maximum absolute atomic E-state index is 11.8. The average Bonchev–Trinajstić information content (AvgIpc) is 2.35. The Balaban J connectivity index is 3.73. The molecule has 0 saturated heterocycles. The fourth-order valence-corrected chi connectivity index (χ4v) is 2.59. The third kappa shape index (κ3) is 11.1. The Hall–Kier alpha value is -0.710. The molecular formula is C15H29NO3S. The molecule has 20 heavy (non-hydrogen) atoms. The molecule has 2 atom stereocenters. The number of carbonyl (C=O) groups excluding carboxylic acids is 2. The Kier molecular flexibility index (Phi) is 10.6. The molecule has 0 fully saturated rings. The summed E-state index contributed by atoms with van der Waals surface area (Å²) in [5.74, 6) is 0.927. The molecule has 0 heterocycles. The van der Waals surface area contributed by atoms with E-state index in [-0.39, 0.29) is 23.2 Å². The van der Waals surface area contributed by atoms with E-state index in [9.17, 15) is 9.59 Å². The molecule has 0 aromatic heterocycles. The summed E-state index contributed by atoms with van der Waals surface area (Å²) in [6.07, 6.45) is 3.71. The van der Waals surface area contributed by atoms with E-state index in [0.29, 0.717) is 18.1 Å². The van der Waals surface area contributed by atoms with E-state index in [2.05, 4.69) is 23.9 Å². The van der Waals surface area contributed by atoms with Gasteiger partial charge in [-0.25, -0.2) is 0 Å². The quantitative estimate of drug-likeness (QED) is 0.630. The lowest BCUT2D eigenvalue weighted by molar-refractivity contribution is -0.140. The van der Waals surface area contributed by atoms with Crippen LogP contribution in [0.3, 0.4) is 0 Å². The fraction of sp³-hybridized carbons (Fsp3) is 0.867. The number of nitrogens with one attached hydrogen (secondary N) is 1. The highest BCUT2D eigenvalue weighted by Gasteiger charge is 2.13. The van der Waals surface area contributed by atoms with Gasteiger partial charge in [-0.15, -0.1) is 11.8 Å². The van der Waals surface area contributed by atoms with E-state index in [4.69, 9.17) is 0 Å². The topological polar surface area (TPSA) is 55.4 Å². The van der Waals surface area contributed by atoms with Gasteiger partial charge < -0.3 is 10.1 Å². The smallest absolute Gasteiger partial charge is 0.306 e. The van der Waals surface area contributed by atoms with Gasteiger partial charge in [-0.1, -0.05) is 33.6 Å². The van der Waals surface area contributed by atoms with Gasteiger partial charge in [-0.2, -0.15) is 0 Å². The first-order valence-corrected chi connectivity index (χ1v) is 8.37. The molecule has 0 aliphatic heterocycles. The molecule has 1 amide bonds. The normalized spacial score (nSPS) is 13.9. The van der Waals surface area contributed by atoms with Crippen molar-refractivity contribution >= 4 is 23.6 Å². The first-order chi connectivity index (χ1) is 9.35. The molecule has 0 aliphatic rings. The minimum atomic E-state index is -0.229. The van der Waals surface area contributed by atoms with Crippen molar-refractivity contribution in [3.63, 3.8) is 0 Å². The van der Waals surface area contributed by atoms with Crippen LogP contribution in [0.4, 0.5) is 0 Å². The predicted octanol–water partition coefficient (Wildman–Crippen LogP) is 3.00. The Bertz CT molecular complexity index is 295. The monoisotopic (exact) mass is 303 g/mol. The summed E-state index contributed by atoms with van der Waals surface area (Å²) in [5.41, 5.74) is 0. The average molecular weight is 303 g/mol. The maximum Gasteiger partial charge on any atom is 0.306 e. The Labute approximate surface area is 127 Å². The summed E-state index contributed by atoms with van der Waals surface area (Å²) in [7, 11) is 1.38. The lowest BCUT2D eigenvalue weighted by Crippen LogP contribution is -2.34. The molecule has 0 aromatic carbocycles. The molecule has 0 spiro atoms. The molecule has 0 aliphatic carbocycles. The van der Waals surface area contributed by atoms with Gasteiger partial charge in [0, 0.05) is 11.3 Å². The van der Waals surface area contributed by atoms with Crippen LogP contribution in [0, 0.1) is 5.92 Å². The summed E-state index contributed by atoms with van der Waals surface area (Å²) in [6.45, 7) is 8.40. The van der Waals surface area contributed by atoms with Crippen molar-refractivity contribution in [2.45, 2.75) is 64.7 Å². The third-order valence-corrected chi connectivity index (χ3v) is 4.17. The number of rotatable bonds is 10. The highest BCUT2D eigenvalue weighted by molar-refractivity contribution is 8.00. The van der Waals surface area contributed by atoms with Crippen LogP contribution in [-0.4, -0.2) is 36.0 Å². The number of esters is 1. The van der Waals surface area contributed by atoms with Crippen molar-refractivity contribution in [3.05, 3.63) is 0 Å². The molecule has 1 N–H and O–H groups in total. The van der Waals surface area contributed by atoms with Crippen LogP contribution < -0.4 is 5.32 Å². The van der Waals surface area contributed by atoms with Crippen LogP contribution in [0.25, 0.3) is 0 Å². The van der Waals surface area contributed by atoms with Gasteiger partial charge >= 0.3 is 5.97 Å². The van der Waals surface area contributed by atoms with Gasteiger partial charge in [-0.05, 0) is 19.3 Å². The zero-order valence-corrected chi connectivity index (χ0v) is 14.2. The molecule has 0 bridgehead atoms. The maximum atomic E-state index is 11.8. The number of hydrogen-bond donors (Lipinski definition) is 1. The SMILES string of the molecule is COC(=O)CC(C)SCC(=O)NC(C)CCCC(C)C. The van der Waals surface area contributed by atoms with Crippen LogP contribution in [0.1, 0.15) is 53.4 Å². The Morgan fingerprint density at radius 2 is 1.80 bits per heavy atom. The standard InChI is InChI=1S/C15H29NO3S/c1-11(2)7-6-8-12(3)16-14(17)10-20-13(4)9-15(18)19-5/h11-13H,6-10H2,1-5H3,(H,16,17).